The molecular formula is C25H23F3N4O5S. The molecule has 0 spiro atoms. The van der Waals surface area contributed by atoms with E-state index in [0.29, 0.717) is 18.4 Å². The minimum atomic E-state index is -4.70. The Balaban J connectivity index is 1.40. The monoisotopic (exact) mass is 548 g/mol. The number of carboxylic acid groups (broad SMARTS) is 1. The van der Waals surface area contributed by atoms with Gasteiger partial charge in [-0.1, -0.05) is 30.3 Å². The first-order chi connectivity index (χ1) is 17.9. The second-order valence-corrected chi connectivity index (χ2v) is 11.0. The molecule has 0 radical (unpaired) electrons. The van der Waals surface area contributed by atoms with Crippen LogP contribution in [0.3, 0.4) is 0 Å². The molecule has 38 heavy (non-hydrogen) atoms. The van der Waals surface area contributed by atoms with Gasteiger partial charge >= 0.3 is 12.1 Å². The molecule has 2 aliphatic heterocycles. The number of nitrogens with zero attached hydrogens (tertiary/aromatic N) is 2. The van der Waals surface area contributed by atoms with E-state index in [4.69, 9.17) is 4.74 Å². The van der Waals surface area contributed by atoms with Crippen LogP contribution in [0.1, 0.15) is 30.4 Å². The molecule has 2 aromatic heterocycles. The predicted octanol–water partition coefficient (Wildman–Crippen LogP) is 4.46. The Kier molecular flexibility index (Phi) is 6.30. The minimum Gasteiger partial charge on any atom is -0.479 e. The van der Waals surface area contributed by atoms with Gasteiger partial charge in [-0.2, -0.15) is 21.6 Å². The quantitative estimate of drug-likeness (QED) is 0.395. The van der Waals surface area contributed by atoms with Crippen LogP contribution in [0.4, 0.5) is 24.8 Å². The Labute approximate surface area is 216 Å². The maximum atomic E-state index is 13.7. The van der Waals surface area contributed by atoms with Crippen molar-refractivity contribution in [1.82, 2.24) is 9.97 Å². The van der Waals surface area contributed by atoms with Gasteiger partial charge in [0.25, 0.3) is 10.0 Å². The largest absolute Gasteiger partial charge is 0.479 e. The Morgan fingerprint density at radius 2 is 1.84 bits per heavy atom. The van der Waals surface area contributed by atoms with E-state index in [1.165, 1.54) is 24.3 Å². The first-order valence-electron chi connectivity index (χ1n) is 11.7. The number of fused-ring (bicyclic) bond motifs is 2. The summed E-state index contributed by atoms with van der Waals surface area (Å²) in [6.07, 6.45) is -3.89. The predicted molar refractivity (Wildman–Crippen MR) is 131 cm³/mol. The van der Waals surface area contributed by atoms with E-state index in [0.717, 1.165) is 12.1 Å². The Morgan fingerprint density at radius 3 is 2.53 bits per heavy atom. The average Bonchev–Trinajstić information content (AvgIpc) is 3.44. The number of sulfonamides is 1. The number of alkyl halides is 3. The summed E-state index contributed by atoms with van der Waals surface area (Å²) in [5.41, 5.74) is -1.89. The van der Waals surface area contributed by atoms with Gasteiger partial charge in [0, 0.05) is 12.0 Å². The van der Waals surface area contributed by atoms with Crippen LogP contribution in [0.2, 0.25) is 0 Å². The van der Waals surface area contributed by atoms with Crippen molar-refractivity contribution in [2.45, 2.75) is 55.1 Å². The van der Waals surface area contributed by atoms with Crippen LogP contribution >= 0.6 is 0 Å². The zero-order valence-electron chi connectivity index (χ0n) is 20.0. The molecule has 2 aliphatic rings. The number of nitrogens with one attached hydrogen (secondary N) is 2. The number of aliphatic carboxylic acids is 1. The number of aromatic nitrogens is 2. The maximum absolute atomic E-state index is 13.7. The lowest BCUT2D eigenvalue weighted by Gasteiger charge is -2.24. The molecule has 5 rings (SSSR count). The molecule has 13 heteroatoms. The number of pyridine rings is 2. The molecule has 0 unspecified atom stereocenters. The van der Waals surface area contributed by atoms with E-state index in [2.05, 4.69) is 20.0 Å². The highest BCUT2D eigenvalue weighted by Crippen LogP contribution is 2.45. The molecule has 2 fully saturated rings. The van der Waals surface area contributed by atoms with Crippen LogP contribution in [0, 0.1) is 6.92 Å². The number of carbonyl (C=O) groups is 1. The van der Waals surface area contributed by atoms with Gasteiger partial charge in [-0.15, -0.1) is 0 Å². The normalized spacial score (nSPS) is 22.8. The number of halogens is 3. The highest BCUT2D eigenvalue weighted by molar-refractivity contribution is 7.92. The third-order valence-electron chi connectivity index (χ3n) is 6.77. The minimum absolute atomic E-state index is 0.190. The van der Waals surface area contributed by atoms with E-state index in [9.17, 15) is 31.5 Å². The van der Waals surface area contributed by atoms with Gasteiger partial charge in [-0.3, -0.25) is 4.72 Å². The molecule has 0 aliphatic carbocycles. The standard InChI is InChI=1S/C25H23F3N4O5S/c1-14-5-2-3-6-15(14)22-16(25(26,27)28)9-10-20(31-22)32-38(35,36)21-8-4-7-19(30-21)29-17-13-24(23(33)34)12-11-18(17)37-24/h2-10,17-18H,11-13H2,1H3,(H,29,30)(H,31,32)(H,33,34)/t17-,18+,24-/m1/s1. The van der Waals surface area contributed by atoms with E-state index in [1.807, 2.05) is 0 Å². The zero-order valence-corrected chi connectivity index (χ0v) is 20.8. The number of benzene rings is 1. The Bertz CT molecular complexity index is 1510. The summed E-state index contributed by atoms with van der Waals surface area (Å²) in [5.74, 6) is -1.15. The molecule has 3 N–H and O–H groups in total. The summed E-state index contributed by atoms with van der Waals surface area (Å²) in [5, 5.41) is 12.2. The van der Waals surface area contributed by atoms with Gasteiger partial charge in [-0.05, 0) is 49.6 Å². The summed E-state index contributed by atoms with van der Waals surface area (Å²) in [4.78, 5) is 19.8. The maximum Gasteiger partial charge on any atom is 0.418 e. The third-order valence-corrected chi connectivity index (χ3v) is 8.03. The topological polar surface area (TPSA) is 131 Å². The lowest BCUT2D eigenvalue weighted by Crippen LogP contribution is -2.39. The number of hydrogen-bond donors (Lipinski definition) is 3. The lowest BCUT2D eigenvalue weighted by molar-refractivity contribution is -0.158. The van der Waals surface area contributed by atoms with Gasteiger partial charge in [0.1, 0.15) is 11.6 Å². The van der Waals surface area contributed by atoms with Gasteiger partial charge < -0.3 is 15.2 Å². The molecule has 2 saturated heterocycles. The van der Waals surface area contributed by atoms with Crippen molar-refractivity contribution in [2.24, 2.45) is 0 Å². The van der Waals surface area contributed by atoms with Crippen molar-refractivity contribution in [3.8, 4) is 11.3 Å². The fraction of sp³-hybridized carbons (Fsp3) is 0.320. The number of rotatable bonds is 7. The Morgan fingerprint density at radius 1 is 1.08 bits per heavy atom. The number of anilines is 2. The fourth-order valence-electron chi connectivity index (χ4n) is 4.91. The van der Waals surface area contributed by atoms with Gasteiger partial charge in [0.2, 0.25) is 0 Å². The van der Waals surface area contributed by atoms with Crippen molar-refractivity contribution in [3.05, 3.63) is 65.7 Å². The smallest absolute Gasteiger partial charge is 0.418 e. The third kappa shape index (κ3) is 4.78. The van der Waals surface area contributed by atoms with Crippen LogP contribution in [-0.4, -0.2) is 47.2 Å². The Hall–Kier alpha value is -3.71. The summed E-state index contributed by atoms with van der Waals surface area (Å²) in [6.45, 7) is 1.63. The average molecular weight is 549 g/mol. The molecule has 3 aromatic rings. The van der Waals surface area contributed by atoms with Crippen LogP contribution < -0.4 is 10.0 Å². The zero-order chi connectivity index (χ0) is 27.3. The fourth-order valence-corrected chi connectivity index (χ4v) is 5.88. The van der Waals surface area contributed by atoms with Crippen LogP contribution in [0.15, 0.2) is 59.6 Å². The molecule has 0 saturated carbocycles. The number of aryl methyl sites for hydroxylation is 1. The number of carboxylic acids is 1. The lowest BCUT2D eigenvalue weighted by atomic mass is 9.85. The molecular weight excluding hydrogens is 525 g/mol. The van der Waals surface area contributed by atoms with E-state index >= 15 is 0 Å². The van der Waals surface area contributed by atoms with Crippen molar-refractivity contribution in [1.29, 1.82) is 0 Å². The molecule has 1 aromatic carbocycles. The molecule has 4 heterocycles. The van der Waals surface area contributed by atoms with Crippen molar-refractivity contribution in [2.75, 3.05) is 10.0 Å². The number of hydrogen-bond acceptors (Lipinski definition) is 7. The summed E-state index contributed by atoms with van der Waals surface area (Å²) in [6, 6.07) is 11.9. The first-order valence-corrected chi connectivity index (χ1v) is 13.2. The molecule has 2 bridgehead atoms. The van der Waals surface area contributed by atoms with Crippen LogP contribution in [0.25, 0.3) is 11.3 Å². The molecule has 9 nitrogen and oxygen atoms in total. The van der Waals surface area contributed by atoms with E-state index < -0.39 is 44.1 Å². The highest BCUT2D eigenvalue weighted by atomic mass is 32.2. The summed E-state index contributed by atoms with van der Waals surface area (Å²) in [7, 11) is -4.33. The second-order valence-electron chi connectivity index (χ2n) is 9.32. The van der Waals surface area contributed by atoms with E-state index in [1.54, 1.807) is 25.1 Å². The highest BCUT2D eigenvalue weighted by Gasteiger charge is 2.57. The van der Waals surface area contributed by atoms with Gasteiger partial charge in [0.15, 0.2) is 10.6 Å². The SMILES string of the molecule is Cc1ccccc1-c1nc(NS(=O)(=O)c2cccc(N[C@@H]3C[C@@]4(C(=O)O)CC[C@@H]3O4)n2)ccc1C(F)(F)F. The molecule has 200 valence electrons. The molecule has 0 amide bonds. The van der Waals surface area contributed by atoms with Gasteiger partial charge in [-0.25, -0.2) is 14.8 Å². The molecule has 3 atom stereocenters. The summed E-state index contributed by atoms with van der Waals surface area (Å²) >= 11 is 0. The van der Waals surface area contributed by atoms with E-state index in [-0.39, 0.29) is 35.8 Å². The van der Waals surface area contributed by atoms with Gasteiger partial charge in [0.05, 0.1) is 23.4 Å². The number of ether oxygens (including phenoxy) is 1. The van der Waals surface area contributed by atoms with Crippen molar-refractivity contribution >= 4 is 27.6 Å². The first kappa shape index (κ1) is 25.9. The second kappa shape index (κ2) is 9.24. The summed E-state index contributed by atoms with van der Waals surface area (Å²) < 4.78 is 75.2. The van der Waals surface area contributed by atoms with Crippen molar-refractivity contribution < 1.29 is 36.2 Å². The van der Waals surface area contributed by atoms with Crippen molar-refractivity contribution in [3.63, 3.8) is 0 Å². The van der Waals surface area contributed by atoms with Crippen LogP contribution in [-0.2, 0) is 25.7 Å². The van der Waals surface area contributed by atoms with Crippen LogP contribution in [0.5, 0.6) is 0 Å².